The summed E-state index contributed by atoms with van der Waals surface area (Å²) in [6, 6.07) is 17.7. The molecule has 2 N–H and O–H groups in total. The Kier molecular flexibility index (Phi) is 7.41. The zero-order valence-corrected chi connectivity index (χ0v) is 21.8. The molecule has 0 saturated heterocycles. The monoisotopic (exact) mass is 529 g/mol. The van der Waals surface area contributed by atoms with E-state index in [-0.39, 0.29) is 36.4 Å². The van der Waals surface area contributed by atoms with Crippen LogP contribution in [0.25, 0.3) is 0 Å². The maximum Gasteiger partial charge on any atom is 0.259 e. The number of carbonyl (C=O) groups excluding carboxylic acids is 3. The van der Waals surface area contributed by atoms with Gasteiger partial charge in [-0.05, 0) is 47.9 Å². The van der Waals surface area contributed by atoms with Crippen molar-refractivity contribution in [1.82, 2.24) is 10.2 Å². The molecular formula is C28H27N5O4S. The number of benzene rings is 2. The van der Waals surface area contributed by atoms with Gasteiger partial charge in [0.2, 0.25) is 11.8 Å². The molecule has 2 aliphatic rings. The van der Waals surface area contributed by atoms with Crippen LogP contribution in [0, 0.1) is 0 Å². The highest BCUT2D eigenvalue weighted by Crippen LogP contribution is 2.34. The second kappa shape index (κ2) is 11.1. The van der Waals surface area contributed by atoms with Crippen molar-refractivity contribution in [3.8, 4) is 0 Å². The third-order valence-electron chi connectivity index (χ3n) is 6.16. The number of nitrogens with zero attached hydrogens (tertiary/aromatic N) is 3. The first-order chi connectivity index (χ1) is 18.4. The molecule has 2 aliphatic heterocycles. The van der Waals surface area contributed by atoms with Crippen LogP contribution in [0.3, 0.4) is 0 Å². The van der Waals surface area contributed by atoms with Crippen LogP contribution >= 0.6 is 11.8 Å². The lowest BCUT2D eigenvalue weighted by Crippen LogP contribution is -2.42. The van der Waals surface area contributed by atoms with E-state index < -0.39 is 6.04 Å². The first-order valence-electron chi connectivity index (χ1n) is 12.3. The maximum absolute atomic E-state index is 13.4. The molecule has 1 unspecified atom stereocenters. The van der Waals surface area contributed by atoms with Crippen molar-refractivity contribution >= 4 is 51.9 Å². The lowest BCUT2D eigenvalue weighted by Gasteiger charge is -2.25. The summed E-state index contributed by atoms with van der Waals surface area (Å²) < 4.78 is 5.23. The summed E-state index contributed by atoms with van der Waals surface area (Å²) in [5.41, 5.74) is 3.26. The van der Waals surface area contributed by atoms with Crippen molar-refractivity contribution < 1.29 is 18.8 Å². The first-order valence-corrected chi connectivity index (χ1v) is 13.3. The summed E-state index contributed by atoms with van der Waals surface area (Å²) in [7, 11) is 0. The van der Waals surface area contributed by atoms with Gasteiger partial charge in [-0.1, -0.05) is 49.9 Å². The number of hydrogen-bond acceptors (Lipinski definition) is 7. The number of fused-ring (bicyclic) bond motifs is 3. The van der Waals surface area contributed by atoms with Gasteiger partial charge in [-0.2, -0.15) is 0 Å². The Morgan fingerprint density at radius 1 is 1.05 bits per heavy atom. The summed E-state index contributed by atoms with van der Waals surface area (Å²) >= 11 is 1.16. The Balaban J connectivity index is 1.26. The van der Waals surface area contributed by atoms with Crippen LogP contribution in [0.5, 0.6) is 0 Å². The Labute approximate surface area is 224 Å². The smallest absolute Gasteiger partial charge is 0.259 e. The number of para-hydroxylation sites is 1. The van der Waals surface area contributed by atoms with Crippen LogP contribution < -0.4 is 10.6 Å². The molecule has 2 aromatic carbocycles. The number of aliphatic imine (C=N–C) groups is 2. The number of thioether (sulfide) groups is 1. The molecule has 1 aromatic heterocycles. The van der Waals surface area contributed by atoms with Crippen LogP contribution in [0.15, 0.2) is 81.3 Å². The van der Waals surface area contributed by atoms with Crippen molar-refractivity contribution in [2.45, 2.75) is 38.8 Å². The average Bonchev–Trinajstić information content (AvgIpc) is 3.55. The molecule has 0 fully saturated rings. The minimum atomic E-state index is -0.883. The largest absolute Gasteiger partial charge is 0.467 e. The lowest BCUT2D eigenvalue weighted by molar-refractivity contribution is -0.128. The Morgan fingerprint density at radius 2 is 1.84 bits per heavy atom. The minimum absolute atomic E-state index is 0.0539. The van der Waals surface area contributed by atoms with Gasteiger partial charge in [-0.3, -0.25) is 19.4 Å². The molecule has 0 aliphatic carbocycles. The summed E-state index contributed by atoms with van der Waals surface area (Å²) in [5, 5.41) is 6.00. The van der Waals surface area contributed by atoms with Gasteiger partial charge in [-0.15, -0.1) is 0 Å². The van der Waals surface area contributed by atoms with Crippen LogP contribution in [-0.4, -0.2) is 45.4 Å². The molecule has 0 radical (unpaired) electrons. The van der Waals surface area contributed by atoms with Crippen LogP contribution in [0.2, 0.25) is 0 Å². The number of rotatable bonds is 8. The zero-order chi connectivity index (χ0) is 26.6. The number of carbonyl (C=O) groups is 3. The lowest BCUT2D eigenvalue weighted by atomic mass is 10.0. The van der Waals surface area contributed by atoms with E-state index in [2.05, 4.69) is 34.5 Å². The summed E-state index contributed by atoms with van der Waals surface area (Å²) in [4.78, 5) is 49.3. The van der Waals surface area contributed by atoms with Crippen LogP contribution in [0.1, 0.15) is 43.1 Å². The van der Waals surface area contributed by atoms with E-state index in [1.165, 1.54) is 16.7 Å². The molecule has 3 aromatic rings. The molecule has 0 bridgehead atoms. The number of nitrogens with one attached hydrogen (secondary N) is 2. The highest BCUT2D eigenvalue weighted by atomic mass is 32.2. The molecule has 5 rings (SSSR count). The average molecular weight is 530 g/mol. The quantitative estimate of drug-likeness (QED) is 0.448. The molecule has 194 valence electrons. The molecule has 38 heavy (non-hydrogen) atoms. The number of amidine groups is 2. The highest BCUT2D eigenvalue weighted by molar-refractivity contribution is 8.14. The summed E-state index contributed by atoms with van der Waals surface area (Å²) in [5.74, 6) is 0.642. The van der Waals surface area contributed by atoms with Gasteiger partial charge in [0.05, 0.1) is 30.7 Å². The first kappa shape index (κ1) is 25.5. The third kappa shape index (κ3) is 5.55. The predicted octanol–water partition coefficient (Wildman–Crippen LogP) is 4.44. The third-order valence-corrected chi connectivity index (χ3v) is 7.10. The predicted molar refractivity (Wildman–Crippen MR) is 147 cm³/mol. The Morgan fingerprint density at radius 3 is 2.58 bits per heavy atom. The van der Waals surface area contributed by atoms with E-state index in [0.29, 0.717) is 39.6 Å². The van der Waals surface area contributed by atoms with E-state index >= 15 is 0 Å². The number of amides is 3. The van der Waals surface area contributed by atoms with Crippen molar-refractivity contribution in [3.63, 3.8) is 0 Å². The number of furan rings is 1. The fourth-order valence-electron chi connectivity index (χ4n) is 4.16. The summed E-state index contributed by atoms with van der Waals surface area (Å²) in [6.45, 7) is 4.46. The number of hydrogen-bond donors (Lipinski definition) is 2. The molecule has 0 spiro atoms. The Bertz CT molecular complexity index is 1410. The standard InChI is InChI=1S/C28H27N5O4S/c1-17(2)18-9-11-19(12-10-18)30-25(35)16-38-28-32-22-8-4-3-7-21(22)26-31-23(27(36)33(26)28)14-24(34)29-15-20-6-5-13-37-20/h3-13,17,23H,14-16H2,1-2H3,(H,29,34)(H,30,35). The molecular weight excluding hydrogens is 502 g/mol. The van der Waals surface area contributed by atoms with Gasteiger partial charge < -0.3 is 15.1 Å². The SMILES string of the molecule is CC(C)c1ccc(NC(=O)CSC2=Nc3ccccc3C3=NC(CC(=O)NCc4ccco4)C(=O)N23)cc1. The molecule has 9 nitrogen and oxygen atoms in total. The van der Waals surface area contributed by atoms with Crippen LogP contribution in [-0.2, 0) is 20.9 Å². The van der Waals surface area contributed by atoms with Gasteiger partial charge in [-0.25, -0.2) is 9.89 Å². The molecule has 3 heterocycles. The second-order valence-electron chi connectivity index (χ2n) is 9.23. The second-order valence-corrected chi connectivity index (χ2v) is 10.2. The van der Waals surface area contributed by atoms with E-state index in [0.717, 1.165) is 11.8 Å². The zero-order valence-electron chi connectivity index (χ0n) is 21.0. The van der Waals surface area contributed by atoms with Crippen LogP contribution in [0.4, 0.5) is 11.4 Å². The molecule has 1 atom stereocenters. The van der Waals surface area contributed by atoms with Crippen molar-refractivity contribution in [2.24, 2.45) is 9.98 Å². The molecule has 10 heteroatoms. The topological polar surface area (TPSA) is 116 Å². The van der Waals surface area contributed by atoms with E-state index in [1.807, 2.05) is 48.5 Å². The fraction of sp³-hybridized carbons (Fsp3) is 0.250. The minimum Gasteiger partial charge on any atom is -0.467 e. The summed E-state index contributed by atoms with van der Waals surface area (Å²) in [6.07, 6.45) is 1.43. The van der Waals surface area contributed by atoms with Crippen molar-refractivity contribution in [3.05, 3.63) is 83.8 Å². The van der Waals surface area contributed by atoms with Gasteiger partial charge in [0.25, 0.3) is 5.91 Å². The normalized spacial score (nSPS) is 16.0. The highest BCUT2D eigenvalue weighted by Gasteiger charge is 2.42. The van der Waals surface area contributed by atoms with Gasteiger partial charge in [0.15, 0.2) is 5.17 Å². The van der Waals surface area contributed by atoms with E-state index in [1.54, 1.807) is 12.1 Å². The van der Waals surface area contributed by atoms with Gasteiger partial charge in [0, 0.05) is 11.3 Å². The fourth-order valence-corrected chi connectivity index (χ4v) is 4.96. The molecule has 0 saturated carbocycles. The van der Waals surface area contributed by atoms with Gasteiger partial charge >= 0.3 is 0 Å². The van der Waals surface area contributed by atoms with Crippen molar-refractivity contribution in [2.75, 3.05) is 11.1 Å². The molecule has 3 amide bonds. The van der Waals surface area contributed by atoms with E-state index in [9.17, 15) is 14.4 Å². The van der Waals surface area contributed by atoms with Crippen molar-refractivity contribution in [1.29, 1.82) is 0 Å². The van der Waals surface area contributed by atoms with Gasteiger partial charge in [0.1, 0.15) is 17.6 Å². The van der Waals surface area contributed by atoms with E-state index in [4.69, 9.17) is 4.42 Å². The number of anilines is 1. The maximum atomic E-state index is 13.4. The Hall–Kier alpha value is -4.18.